The Balaban J connectivity index is 2.29. The molecule has 1 aliphatic rings. The summed E-state index contributed by atoms with van der Waals surface area (Å²) >= 11 is 3.40. The van der Waals surface area contributed by atoms with Crippen molar-refractivity contribution in [3.63, 3.8) is 0 Å². The summed E-state index contributed by atoms with van der Waals surface area (Å²) in [7, 11) is 0. The Morgan fingerprint density at radius 1 is 1.47 bits per heavy atom. The Bertz CT molecular complexity index is 354. The van der Waals surface area contributed by atoms with Crippen LogP contribution in [0.3, 0.4) is 0 Å². The topological polar surface area (TPSA) is 25.4 Å². The van der Waals surface area contributed by atoms with Crippen molar-refractivity contribution < 1.29 is 4.74 Å². The number of aromatic nitrogens is 1. The lowest BCUT2D eigenvalue weighted by atomic mass is 10.0. The van der Waals surface area contributed by atoms with Crippen LogP contribution < -0.4 is 4.90 Å². The molecule has 0 aliphatic carbocycles. The molecule has 0 aromatic carbocycles. The third-order valence-corrected chi connectivity index (χ3v) is 3.06. The highest BCUT2D eigenvalue weighted by atomic mass is 79.9. The number of halogens is 1. The summed E-state index contributed by atoms with van der Waals surface area (Å²) in [6.45, 7) is 6.78. The number of rotatable bonds is 1. The molecule has 2 rings (SSSR count). The maximum absolute atomic E-state index is 5.49. The molecule has 0 radical (unpaired) electrons. The summed E-state index contributed by atoms with van der Waals surface area (Å²) in [4.78, 5) is 6.77. The van der Waals surface area contributed by atoms with Gasteiger partial charge < -0.3 is 9.64 Å². The van der Waals surface area contributed by atoms with Crippen molar-refractivity contribution in [2.45, 2.75) is 19.4 Å². The van der Waals surface area contributed by atoms with Gasteiger partial charge >= 0.3 is 0 Å². The molecule has 1 aliphatic heterocycles. The molecule has 1 saturated heterocycles. The summed E-state index contributed by atoms with van der Waals surface area (Å²) < 4.78 is 6.36. The molecule has 0 N–H and O–H groups in total. The molecule has 15 heavy (non-hydrogen) atoms. The van der Waals surface area contributed by atoms with Crippen LogP contribution in [0.25, 0.3) is 0 Å². The molecule has 0 saturated carbocycles. The van der Waals surface area contributed by atoms with Gasteiger partial charge in [0, 0.05) is 6.54 Å². The van der Waals surface area contributed by atoms with Gasteiger partial charge in [0.2, 0.25) is 0 Å². The maximum atomic E-state index is 5.49. The van der Waals surface area contributed by atoms with E-state index in [1.54, 1.807) is 0 Å². The summed E-state index contributed by atoms with van der Waals surface area (Å²) in [6.07, 6.45) is 0. The first kappa shape index (κ1) is 10.9. The average molecular weight is 271 g/mol. The van der Waals surface area contributed by atoms with Crippen molar-refractivity contribution >= 4 is 21.7 Å². The second-order valence-electron chi connectivity index (χ2n) is 4.34. The lowest BCUT2D eigenvalue weighted by Crippen LogP contribution is -2.53. The van der Waals surface area contributed by atoms with Gasteiger partial charge in [-0.25, -0.2) is 4.98 Å². The molecule has 0 atom stereocenters. The molecule has 0 spiro atoms. The van der Waals surface area contributed by atoms with E-state index in [1.807, 2.05) is 18.2 Å². The van der Waals surface area contributed by atoms with Gasteiger partial charge in [-0.1, -0.05) is 6.07 Å². The van der Waals surface area contributed by atoms with Gasteiger partial charge in [0.1, 0.15) is 10.4 Å². The zero-order valence-corrected chi connectivity index (χ0v) is 10.6. The second-order valence-corrected chi connectivity index (χ2v) is 5.15. The fourth-order valence-electron chi connectivity index (χ4n) is 1.83. The van der Waals surface area contributed by atoms with E-state index in [2.05, 4.69) is 39.7 Å². The molecule has 1 aromatic heterocycles. The number of hydrogen-bond donors (Lipinski definition) is 0. The van der Waals surface area contributed by atoms with Gasteiger partial charge in [-0.2, -0.15) is 0 Å². The van der Waals surface area contributed by atoms with Crippen LogP contribution in [-0.4, -0.2) is 30.3 Å². The van der Waals surface area contributed by atoms with E-state index in [0.29, 0.717) is 0 Å². The Morgan fingerprint density at radius 3 is 2.93 bits per heavy atom. The first-order valence-corrected chi connectivity index (χ1v) is 5.87. The van der Waals surface area contributed by atoms with Gasteiger partial charge in [-0.05, 0) is 41.9 Å². The minimum Gasteiger partial charge on any atom is -0.377 e. The van der Waals surface area contributed by atoms with Gasteiger partial charge in [0.05, 0.1) is 18.8 Å². The highest BCUT2D eigenvalue weighted by molar-refractivity contribution is 9.10. The van der Waals surface area contributed by atoms with Gasteiger partial charge in [-0.15, -0.1) is 0 Å². The van der Waals surface area contributed by atoms with Crippen LogP contribution in [-0.2, 0) is 4.74 Å². The zero-order chi connectivity index (χ0) is 10.9. The first-order valence-electron chi connectivity index (χ1n) is 5.07. The second kappa shape index (κ2) is 4.10. The Labute approximate surface area is 98.6 Å². The number of hydrogen-bond acceptors (Lipinski definition) is 3. The third kappa shape index (κ3) is 2.32. The Kier molecular flexibility index (Phi) is 2.98. The summed E-state index contributed by atoms with van der Waals surface area (Å²) in [5, 5.41) is 0. The van der Waals surface area contributed by atoms with Crippen molar-refractivity contribution in [3.8, 4) is 0 Å². The van der Waals surface area contributed by atoms with E-state index in [4.69, 9.17) is 4.74 Å². The molecular weight excluding hydrogens is 256 g/mol. The van der Waals surface area contributed by atoms with Crippen molar-refractivity contribution in [1.82, 2.24) is 4.98 Å². The zero-order valence-electron chi connectivity index (χ0n) is 9.03. The van der Waals surface area contributed by atoms with Gasteiger partial charge in [0.15, 0.2) is 0 Å². The van der Waals surface area contributed by atoms with Crippen molar-refractivity contribution in [3.05, 3.63) is 22.8 Å². The molecule has 0 amide bonds. The first-order chi connectivity index (χ1) is 7.09. The van der Waals surface area contributed by atoms with Crippen molar-refractivity contribution in [2.24, 2.45) is 0 Å². The number of nitrogens with zero attached hydrogens (tertiary/aromatic N) is 2. The molecule has 1 aromatic rings. The van der Waals surface area contributed by atoms with E-state index in [0.717, 1.165) is 30.2 Å². The van der Waals surface area contributed by atoms with Crippen LogP contribution in [0.1, 0.15) is 13.8 Å². The summed E-state index contributed by atoms with van der Waals surface area (Å²) in [6, 6.07) is 5.99. The van der Waals surface area contributed by atoms with Crippen LogP contribution in [0, 0.1) is 0 Å². The Hall–Kier alpha value is -0.610. The lowest BCUT2D eigenvalue weighted by molar-refractivity contribution is 0.0639. The van der Waals surface area contributed by atoms with Crippen LogP contribution in [0.4, 0.5) is 5.82 Å². The van der Waals surface area contributed by atoms with Crippen molar-refractivity contribution in [1.29, 1.82) is 0 Å². The minimum absolute atomic E-state index is 0.0199. The smallest absolute Gasteiger partial charge is 0.130 e. The molecule has 82 valence electrons. The molecular formula is C11H15BrN2O. The van der Waals surface area contributed by atoms with Crippen LogP contribution in [0.5, 0.6) is 0 Å². The molecule has 0 unspecified atom stereocenters. The average Bonchev–Trinajstić information content (AvgIpc) is 2.17. The molecule has 0 bridgehead atoms. The van der Waals surface area contributed by atoms with Crippen LogP contribution in [0.2, 0.25) is 0 Å². The fourth-order valence-corrected chi connectivity index (χ4v) is 2.17. The molecule has 1 fully saturated rings. The maximum Gasteiger partial charge on any atom is 0.130 e. The van der Waals surface area contributed by atoms with E-state index in [1.165, 1.54) is 0 Å². The quantitative estimate of drug-likeness (QED) is 0.734. The molecule has 4 heteroatoms. The number of ether oxygens (including phenoxy) is 1. The Morgan fingerprint density at radius 2 is 2.27 bits per heavy atom. The normalized spacial score (nSPS) is 20.3. The standard InChI is InChI=1S/C11H15BrN2O/c1-11(2)8-15-7-6-14(11)10-5-3-4-9(12)13-10/h3-5H,6-8H2,1-2H3. The van der Waals surface area contributed by atoms with E-state index < -0.39 is 0 Å². The number of morpholine rings is 1. The van der Waals surface area contributed by atoms with E-state index >= 15 is 0 Å². The summed E-state index contributed by atoms with van der Waals surface area (Å²) in [5.41, 5.74) is 0.0199. The lowest BCUT2D eigenvalue weighted by Gasteiger charge is -2.42. The third-order valence-electron chi connectivity index (χ3n) is 2.62. The predicted molar refractivity (Wildman–Crippen MR) is 64.2 cm³/mol. The van der Waals surface area contributed by atoms with E-state index in [9.17, 15) is 0 Å². The van der Waals surface area contributed by atoms with Gasteiger partial charge in [-0.3, -0.25) is 0 Å². The minimum atomic E-state index is 0.0199. The molecule has 3 nitrogen and oxygen atoms in total. The van der Waals surface area contributed by atoms with Crippen molar-refractivity contribution in [2.75, 3.05) is 24.7 Å². The highest BCUT2D eigenvalue weighted by Gasteiger charge is 2.31. The van der Waals surface area contributed by atoms with Crippen LogP contribution in [0.15, 0.2) is 22.8 Å². The van der Waals surface area contributed by atoms with E-state index in [-0.39, 0.29) is 5.54 Å². The SMILES string of the molecule is CC1(C)COCCN1c1cccc(Br)n1. The predicted octanol–water partition coefficient (Wildman–Crippen LogP) is 2.46. The van der Waals surface area contributed by atoms with Crippen LogP contribution >= 0.6 is 15.9 Å². The monoisotopic (exact) mass is 270 g/mol. The largest absolute Gasteiger partial charge is 0.377 e. The fraction of sp³-hybridized carbons (Fsp3) is 0.545. The number of anilines is 1. The number of pyridine rings is 1. The summed E-state index contributed by atoms with van der Waals surface area (Å²) in [5.74, 6) is 1.01. The van der Waals surface area contributed by atoms with Gasteiger partial charge in [0.25, 0.3) is 0 Å². The molecule has 2 heterocycles. The highest BCUT2D eigenvalue weighted by Crippen LogP contribution is 2.26.